The first-order chi connectivity index (χ1) is 10.7. The molecule has 0 aliphatic rings. The molecule has 0 saturated carbocycles. The van der Waals surface area contributed by atoms with Crippen LogP contribution in [0.1, 0.15) is 0 Å². The molecule has 2 aromatic carbocycles. The number of hydrogen-bond donors (Lipinski definition) is 2. The van der Waals surface area contributed by atoms with Gasteiger partial charge < -0.3 is 10.6 Å². The van der Waals surface area contributed by atoms with Gasteiger partial charge >= 0.3 is 0 Å². The van der Waals surface area contributed by atoms with Gasteiger partial charge in [-0.1, -0.05) is 35.3 Å². The minimum atomic E-state index is 0.354. The first-order valence-corrected chi connectivity index (χ1v) is 7.20. The van der Waals surface area contributed by atoms with E-state index in [1.54, 1.807) is 18.2 Å². The van der Waals surface area contributed by atoms with Gasteiger partial charge in [-0.15, -0.1) is 5.10 Å². The maximum atomic E-state index is 6.09. The van der Waals surface area contributed by atoms with Gasteiger partial charge in [0.25, 0.3) is 0 Å². The molecule has 0 saturated heterocycles. The number of nitrogens with one attached hydrogen (secondary N) is 2. The van der Waals surface area contributed by atoms with Crippen LogP contribution in [0.25, 0.3) is 0 Å². The number of rotatable bonds is 4. The standard InChI is InChI=1S/C15H11Cl2N5/c16-10-5-7-11(8-6-10)19-14-9-18-22-15(21-14)20-13-4-2-1-3-12(13)17/h1-9H,(H2,19,20,21,22). The molecule has 1 aromatic heterocycles. The molecule has 0 bridgehead atoms. The predicted molar refractivity (Wildman–Crippen MR) is 89.3 cm³/mol. The van der Waals surface area contributed by atoms with Gasteiger partial charge in [0.15, 0.2) is 5.82 Å². The van der Waals surface area contributed by atoms with E-state index < -0.39 is 0 Å². The fourth-order valence-electron chi connectivity index (χ4n) is 1.78. The molecule has 0 atom stereocenters. The van der Waals surface area contributed by atoms with Crippen molar-refractivity contribution in [2.24, 2.45) is 0 Å². The van der Waals surface area contributed by atoms with Crippen molar-refractivity contribution in [1.29, 1.82) is 0 Å². The molecular formula is C15H11Cl2N5. The van der Waals surface area contributed by atoms with E-state index in [-0.39, 0.29) is 0 Å². The van der Waals surface area contributed by atoms with Gasteiger partial charge in [-0.2, -0.15) is 10.1 Å². The lowest BCUT2D eigenvalue weighted by molar-refractivity contribution is 0.982. The van der Waals surface area contributed by atoms with Crippen molar-refractivity contribution in [2.75, 3.05) is 10.6 Å². The Bertz CT molecular complexity index is 777. The topological polar surface area (TPSA) is 62.7 Å². The molecule has 0 aliphatic carbocycles. The van der Waals surface area contributed by atoms with E-state index >= 15 is 0 Å². The third-order valence-corrected chi connectivity index (χ3v) is 3.38. The minimum Gasteiger partial charge on any atom is -0.339 e. The quantitative estimate of drug-likeness (QED) is 0.727. The van der Waals surface area contributed by atoms with Crippen molar-refractivity contribution in [1.82, 2.24) is 15.2 Å². The van der Waals surface area contributed by atoms with Crippen LogP contribution in [0.15, 0.2) is 54.7 Å². The molecule has 3 rings (SSSR count). The number of anilines is 4. The lowest BCUT2D eigenvalue weighted by Gasteiger charge is -2.08. The van der Waals surface area contributed by atoms with Crippen LogP contribution in [0, 0.1) is 0 Å². The van der Waals surface area contributed by atoms with Gasteiger partial charge in [0.2, 0.25) is 5.95 Å². The maximum Gasteiger partial charge on any atom is 0.249 e. The number of aromatic nitrogens is 3. The summed E-state index contributed by atoms with van der Waals surface area (Å²) in [5.74, 6) is 0.916. The van der Waals surface area contributed by atoms with Gasteiger partial charge in [-0.3, -0.25) is 0 Å². The van der Waals surface area contributed by atoms with Gasteiger partial charge in [-0.25, -0.2) is 0 Å². The Morgan fingerprint density at radius 1 is 0.864 bits per heavy atom. The average Bonchev–Trinajstić information content (AvgIpc) is 2.52. The summed E-state index contributed by atoms with van der Waals surface area (Å²) >= 11 is 11.9. The van der Waals surface area contributed by atoms with Gasteiger partial charge in [0.05, 0.1) is 16.9 Å². The van der Waals surface area contributed by atoms with E-state index in [0.29, 0.717) is 21.8 Å². The van der Waals surface area contributed by atoms with Crippen LogP contribution >= 0.6 is 23.2 Å². The van der Waals surface area contributed by atoms with Crippen LogP contribution in [0.3, 0.4) is 0 Å². The second-order valence-electron chi connectivity index (χ2n) is 4.40. The minimum absolute atomic E-state index is 0.354. The molecule has 2 N–H and O–H groups in total. The molecule has 0 aliphatic heterocycles. The summed E-state index contributed by atoms with van der Waals surface area (Å²) in [6.07, 6.45) is 1.53. The molecule has 0 spiro atoms. The summed E-state index contributed by atoms with van der Waals surface area (Å²) in [5, 5.41) is 15.3. The first-order valence-electron chi connectivity index (χ1n) is 6.44. The highest BCUT2D eigenvalue weighted by atomic mass is 35.5. The van der Waals surface area contributed by atoms with E-state index in [4.69, 9.17) is 23.2 Å². The number of nitrogens with zero attached hydrogens (tertiary/aromatic N) is 3. The molecule has 7 heteroatoms. The summed E-state index contributed by atoms with van der Waals surface area (Å²) < 4.78 is 0. The monoisotopic (exact) mass is 331 g/mol. The highest BCUT2D eigenvalue weighted by Crippen LogP contribution is 2.23. The van der Waals surface area contributed by atoms with Crippen molar-refractivity contribution < 1.29 is 0 Å². The van der Waals surface area contributed by atoms with Gasteiger partial charge in [0.1, 0.15) is 0 Å². The lowest BCUT2D eigenvalue weighted by atomic mass is 10.3. The van der Waals surface area contributed by atoms with E-state index in [1.165, 1.54) is 6.20 Å². The van der Waals surface area contributed by atoms with Crippen LogP contribution < -0.4 is 10.6 Å². The van der Waals surface area contributed by atoms with E-state index in [2.05, 4.69) is 25.8 Å². The molecule has 1 heterocycles. The molecule has 110 valence electrons. The van der Waals surface area contributed by atoms with Crippen molar-refractivity contribution in [3.8, 4) is 0 Å². The predicted octanol–water partition coefficient (Wildman–Crippen LogP) is 4.67. The summed E-state index contributed by atoms with van der Waals surface area (Å²) in [6.45, 7) is 0. The molecule has 3 aromatic rings. The Morgan fingerprint density at radius 2 is 1.64 bits per heavy atom. The SMILES string of the molecule is Clc1ccc(Nc2cnnc(Nc3ccccc3Cl)n2)cc1. The largest absolute Gasteiger partial charge is 0.339 e. The number of para-hydroxylation sites is 1. The molecule has 0 unspecified atom stereocenters. The Labute approximate surface area is 137 Å². The highest BCUT2D eigenvalue weighted by molar-refractivity contribution is 6.33. The molecular weight excluding hydrogens is 321 g/mol. The Balaban J connectivity index is 1.78. The van der Waals surface area contributed by atoms with Gasteiger partial charge in [-0.05, 0) is 36.4 Å². The summed E-state index contributed by atoms with van der Waals surface area (Å²) in [7, 11) is 0. The fourth-order valence-corrected chi connectivity index (χ4v) is 2.09. The summed E-state index contributed by atoms with van der Waals surface area (Å²) in [6, 6.07) is 14.6. The zero-order valence-corrected chi connectivity index (χ0v) is 12.8. The molecule has 0 fully saturated rings. The fraction of sp³-hybridized carbons (Fsp3) is 0. The third kappa shape index (κ3) is 3.63. The molecule has 0 radical (unpaired) electrons. The molecule has 22 heavy (non-hydrogen) atoms. The van der Waals surface area contributed by atoms with Crippen molar-refractivity contribution >= 4 is 46.3 Å². The Kier molecular flexibility index (Phi) is 4.37. The van der Waals surface area contributed by atoms with Crippen molar-refractivity contribution in [3.05, 3.63) is 64.8 Å². The van der Waals surface area contributed by atoms with Crippen LogP contribution in [-0.2, 0) is 0 Å². The van der Waals surface area contributed by atoms with E-state index in [1.807, 2.05) is 30.3 Å². The van der Waals surface area contributed by atoms with Gasteiger partial charge in [0, 0.05) is 10.7 Å². The highest BCUT2D eigenvalue weighted by Gasteiger charge is 2.04. The van der Waals surface area contributed by atoms with Crippen molar-refractivity contribution in [3.63, 3.8) is 0 Å². The Hall–Kier alpha value is -2.37. The molecule has 0 amide bonds. The van der Waals surface area contributed by atoms with E-state index in [9.17, 15) is 0 Å². The maximum absolute atomic E-state index is 6.09. The number of benzene rings is 2. The third-order valence-electron chi connectivity index (χ3n) is 2.80. The van der Waals surface area contributed by atoms with E-state index in [0.717, 1.165) is 11.4 Å². The van der Waals surface area contributed by atoms with Crippen LogP contribution in [-0.4, -0.2) is 15.2 Å². The average molecular weight is 332 g/mol. The molecule has 5 nitrogen and oxygen atoms in total. The summed E-state index contributed by atoms with van der Waals surface area (Å²) in [5.41, 5.74) is 1.57. The zero-order chi connectivity index (χ0) is 15.4. The van der Waals surface area contributed by atoms with Crippen LogP contribution in [0.5, 0.6) is 0 Å². The lowest BCUT2D eigenvalue weighted by Crippen LogP contribution is -2.02. The van der Waals surface area contributed by atoms with Crippen LogP contribution in [0.4, 0.5) is 23.1 Å². The second kappa shape index (κ2) is 6.60. The van der Waals surface area contributed by atoms with Crippen molar-refractivity contribution in [2.45, 2.75) is 0 Å². The smallest absolute Gasteiger partial charge is 0.249 e. The number of halogens is 2. The zero-order valence-electron chi connectivity index (χ0n) is 11.3. The number of hydrogen-bond acceptors (Lipinski definition) is 5. The van der Waals surface area contributed by atoms with Crippen LogP contribution in [0.2, 0.25) is 10.0 Å². The normalized spacial score (nSPS) is 10.3. The second-order valence-corrected chi connectivity index (χ2v) is 5.25. The summed E-state index contributed by atoms with van der Waals surface area (Å²) in [4.78, 5) is 4.34. The Morgan fingerprint density at radius 3 is 2.41 bits per heavy atom. The first kappa shape index (κ1) is 14.6.